The second kappa shape index (κ2) is 9.01. The Morgan fingerprint density at radius 1 is 1.29 bits per heavy atom. The molecule has 1 atom stereocenters. The molecule has 162 valence electrons. The highest BCUT2D eigenvalue weighted by Gasteiger charge is 2.32. The van der Waals surface area contributed by atoms with Crippen molar-refractivity contribution >= 4 is 40.6 Å². The molecule has 1 aliphatic heterocycles. The van der Waals surface area contributed by atoms with Crippen molar-refractivity contribution in [1.82, 2.24) is 10.3 Å². The Balaban J connectivity index is 2.03. The van der Waals surface area contributed by atoms with Crippen LogP contribution in [-0.4, -0.2) is 36.4 Å². The van der Waals surface area contributed by atoms with Crippen LogP contribution < -0.4 is 15.8 Å². The lowest BCUT2D eigenvalue weighted by molar-refractivity contribution is -0.137. The van der Waals surface area contributed by atoms with Gasteiger partial charge in [0.25, 0.3) is 0 Å². The van der Waals surface area contributed by atoms with Crippen molar-refractivity contribution in [3.05, 3.63) is 57.6 Å². The van der Waals surface area contributed by atoms with Crippen molar-refractivity contribution in [2.45, 2.75) is 12.2 Å². The minimum absolute atomic E-state index is 0.0856. The number of hydrazone groups is 1. The van der Waals surface area contributed by atoms with Crippen LogP contribution in [0.1, 0.15) is 11.1 Å². The highest BCUT2D eigenvalue weighted by atomic mass is 35.5. The number of halogens is 5. The summed E-state index contributed by atoms with van der Waals surface area (Å²) in [5.74, 6) is -0.0342. The number of nitrogens with one attached hydrogen (secondary N) is 1. The summed E-state index contributed by atoms with van der Waals surface area (Å²) in [5.41, 5.74) is 6.17. The van der Waals surface area contributed by atoms with E-state index in [2.05, 4.69) is 15.4 Å². The van der Waals surface area contributed by atoms with Crippen LogP contribution in [0.2, 0.25) is 10.0 Å². The van der Waals surface area contributed by atoms with E-state index in [1.807, 2.05) is 0 Å². The summed E-state index contributed by atoms with van der Waals surface area (Å²) in [4.78, 5) is 4.14. The molecule has 7 nitrogen and oxygen atoms in total. The van der Waals surface area contributed by atoms with Gasteiger partial charge in [-0.25, -0.2) is 10.0 Å². The average Bonchev–Trinajstić information content (AvgIpc) is 3.10. The van der Waals surface area contributed by atoms with Crippen LogP contribution in [0.4, 0.5) is 18.9 Å². The molecule has 0 aliphatic carbocycles. The number of hydrogen-bond donors (Lipinski definition) is 2. The Hall–Kier alpha value is -3.00. The largest absolute Gasteiger partial charge is 0.494 e. The second-order valence-electron chi connectivity index (χ2n) is 6.36. The summed E-state index contributed by atoms with van der Waals surface area (Å²) in [6, 6.07) is 7.13. The minimum atomic E-state index is -4.57. The predicted octanol–water partition coefficient (Wildman–Crippen LogP) is 4.13. The fourth-order valence-corrected chi connectivity index (χ4v) is 3.14. The zero-order valence-electron chi connectivity index (χ0n) is 15.9. The number of aliphatic imine (C=N–C) groups is 1. The van der Waals surface area contributed by atoms with Crippen molar-refractivity contribution in [1.29, 1.82) is 5.26 Å². The summed E-state index contributed by atoms with van der Waals surface area (Å²) in [7, 11) is 1.30. The predicted molar refractivity (Wildman–Crippen MR) is 112 cm³/mol. The first-order valence-electron chi connectivity index (χ1n) is 8.70. The third-order valence-corrected chi connectivity index (χ3v) is 5.05. The first kappa shape index (κ1) is 22.7. The topological polar surface area (TPSA) is 99.0 Å². The summed E-state index contributed by atoms with van der Waals surface area (Å²) in [6.45, 7) is 0.115. The van der Waals surface area contributed by atoms with Gasteiger partial charge in [0.2, 0.25) is 5.96 Å². The maximum Gasteiger partial charge on any atom is 0.416 e. The van der Waals surface area contributed by atoms with Gasteiger partial charge in [-0.15, -0.1) is 0 Å². The van der Waals surface area contributed by atoms with Crippen molar-refractivity contribution < 1.29 is 17.9 Å². The molecular weight excluding hydrogens is 456 g/mol. The molecule has 0 aromatic heterocycles. The van der Waals surface area contributed by atoms with Gasteiger partial charge in [-0.1, -0.05) is 29.3 Å². The van der Waals surface area contributed by atoms with Crippen molar-refractivity contribution in [3.8, 4) is 11.9 Å². The highest BCUT2D eigenvalue weighted by Crippen LogP contribution is 2.36. The molecule has 0 radical (unpaired) electrons. The first-order valence-corrected chi connectivity index (χ1v) is 9.45. The SMILES string of the molecule is COc1ccc(C(F)(F)F)cc1N=C(NC#N)N1CC(N)C(c2ccc(Cl)c(Cl)c2)=N1. The first-order chi connectivity index (χ1) is 14.6. The molecule has 3 rings (SSSR count). The Bertz CT molecular complexity index is 1100. The van der Waals surface area contributed by atoms with Gasteiger partial charge in [0.1, 0.15) is 11.4 Å². The number of benzene rings is 2. The van der Waals surface area contributed by atoms with Gasteiger partial charge in [-0.2, -0.15) is 23.5 Å². The maximum atomic E-state index is 13.1. The number of nitrogens with two attached hydrogens (primary N) is 1. The molecule has 1 heterocycles. The molecule has 0 saturated heterocycles. The van der Waals surface area contributed by atoms with Gasteiger partial charge in [-0.05, 0) is 30.3 Å². The average molecular weight is 471 g/mol. The highest BCUT2D eigenvalue weighted by molar-refractivity contribution is 6.42. The third kappa shape index (κ3) is 5.02. The van der Waals surface area contributed by atoms with E-state index < -0.39 is 17.8 Å². The lowest BCUT2D eigenvalue weighted by Crippen LogP contribution is -2.39. The van der Waals surface area contributed by atoms with Crippen LogP contribution in [0.25, 0.3) is 0 Å². The van der Waals surface area contributed by atoms with Gasteiger partial charge in [0.05, 0.1) is 41.0 Å². The van der Waals surface area contributed by atoms with Gasteiger partial charge < -0.3 is 10.5 Å². The molecular formula is C19H15Cl2F3N6O. The fraction of sp³-hybridized carbons (Fsp3) is 0.211. The summed E-state index contributed by atoms with van der Waals surface area (Å²) in [5, 5.41) is 17.8. The monoisotopic (exact) mass is 470 g/mol. The number of ether oxygens (including phenoxy) is 1. The number of hydrogen-bond acceptors (Lipinski definition) is 5. The van der Waals surface area contributed by atoms with E-state index in [-0.39, 0.29) is 23.9 Å². The number of alkyl halides is 3. The maximum absolute atomic E-state index is 13.1. The van der Waals surface area contributed by atoms with E-state index in [0.717, 1.165) is 18.2 Å². The van der Waals surface area contributed by atoms with Crippen LogP contribution in [0.5, 0.6) is 5.75 Å². The molecule has 0 saturated carbocycles. The molecule has 0 spiro atoms. The van der Waals surface area contributed by atoms with Gasteiger partial charge >= 0.3 is 6.18 Å². The van der Waals surface area contributed by atoms with E-state index in [1.54, 1.807) is 24.4 Å². The molecule has 0 fully saturated rings. The zero-order valence-corrected chi connectivity index (χ0v) is 17.4. The normalized spacial score (nSPS) is 16.7. The number of methoxy groups -OCH3 is 1. The van der Waals surface area contributed by atoms with Crippen LogP contribution in [-0.2, 0) is 6.18 Å². The van der Waals surface area contributed by atoms with Crippen LogP contribution in [0, 0.1) is 11.5 Å². The zero-order chi connectivity index (χ0) is 22.8. The number of guanidine groups is 1. The van der Waals surface area contributed by atoms with E-state index in [1.165, 1.54) is 12.1 Å². The molecule has 1 unspecified atom stereocenters. The van der Waals surface area contributed by atoms with E-state index in [0.29, 0.717) is 21.3 Å². The smallest absolute Gasteiger partial charge is 0.416 e. The Labute approximate surface area is 185 Å². The van der Waals surface area contributed by atoms with Crippen LogP contribution in [0.15, 0.2) is 46.5 Å². The number of rotatable bonds is 3. The van der Waals surface area contributed by atoms with E-state index in [4.69, 9.17) is 38.9 Å². The summed E-state index contributed by atoms with van der Waals surface area (Å²) < 4.78 is 44.4. The molecule has 0 amide bonds. The molecule has 2 aromatic rings. The molecule has 2 aromatic carbocycles. The van der Waals surface area contributed by atoms with E-state index >= 15 is 0 Å². The molecule has 0 bridgehead atoms. The minimum Gasteiger partial charge on any atom is -0.494 e. The number of nitriles is 1. The van der Waals surface area contributed by atoms with Gasteiger partial charge in [0, 0.05) is 5.56 Å². The van der Waals surface area contributed by atoms with Gasteiger partial charge in [-0.3, -0.25) is 5.32 Å². The number of nitrogens with zero attached hydrogens (tertiary/aromatic N) is 4. The van der Waals surface area contributed by atoms with Crippen LogP contribution in [0.3, 0.4) is 0 Å². The lowest BCUT2D eigenvalue weighted by atomic mass is 10.1. The molecule has 12 heteroatoms. The molecule has 31 heavy (non-hydrogen) atoms. The van der Waals surface area contributed by atoms with Crippen molar-refractivity contribution in [3.63, 3.8) is 0 Å². The standard InChI is InChI=1S/C19H15Cl2F3N6O/c1-31-16-5-3-11(19(22,23)24)7-15(16)28-18(27-9-25)30-8-14(26)17(29-30)10-2-4-12(20)13(21)6-10/h2-7,14H,8,26H2,1H3,(H,27,28). The summed E-state index contributed by atoms with van der Waals surface area (Å²) >= 11 is 12.0. The molecule has 3 N–H and O–H groups in total. The van der Waals surface area contributed by atoms with E-state index in [9.17, 15) is 13.2 Å². The van der Waals surface area contributed by atoms with Gasteiger partial charge in [0.15, 0.2) is 6.19 Å². The Morgan fingerprint density at radius 3 is 2.65 bits per heavy atom. The fourth-order valence-electron chi connectivity index (χ4n) is 2.85. The quantitative estimate of drug-likeness (QED) is 0.304. The third-order valence-electron chi connectivity index (χ3n) is 4.31. The van der Waals surface area contributed by atoms with Crippen LogP contribution >= 0.6 is 23.2 Å². The second-order valence-corrected chi connectivity index (χ2v) is 7.17. The lowest BCUT2D eigenvalue weighted by Gasteiger charge is -2.16. The molecule has 1 aliphatic rings. The Kier molecular flexibility index (Phi) is 6.59. The van der Waals surface area contributed by atoms with Crippen molar-refractivity contribution in [2.24, 2.45) is 15.8 Å². The summed E-state index contributed by atoms with van der Waals surface area (Å²) in [6.07, 6.45) is -2.88. The Morgan fingerprint density at radius 2 is 2.03 bits per heavy atom. The van der Waals surface area contributed by atoms with Crippen molar-refractivity contribution in [2.75, 3.05) is 13.7 Å².